The lowest BCUT2D eigenvalue weighted by Crippen LogP contribution is -1.97. The van der Waals surface area contributed by atoms with Crippen LogP contribution in [0, 0.1) is 11.3 Å². The first kappa shape index (κ1) is 9.18. The molecular weight excluding hydrogens is 218 g/mol. The summed E-state index contributed by atoms with van der Waals surface area (Å²) >= 11 is 2.71. The highest BCUT2D eigenvalue weighted by Gasteiger charge is 2.11. The minimum atomic E-state index is 0.160. The number of fused-ring (bicyclic) bond motifs is 1. The van der Waals surface area contributed by atoms with Gasteiger partial charge in [-0.25, -0.2) is 9.97 Å². The maximum atomic E-state index is 8.72. The molecule has 0 bridgehead atoms. The minimum Gasteiger partial charge on any atom is -0.381 e. The Labute approximate surface area is 88.1 Å². The van der Waals surface area contributed by atoms with Crippen LogP contribution in [0.3, 0.4) is 0 Å². The van der Waals surface area contributed by atoms with Crippen LogP contribution < -0.4 is 5.73 Å². The third kappa shape index (κ3) is 1.29. The van der Waals surface area contributed by atoms with Crippen molar-refractivity contribution >= 4 is 39.5 Å². The molecule has 0 unspecified atom stereocenters. The molecule has 2 heterocycles. The fourth-order valence-corrected chi connectivity index (χ4v) is 2.41. The van der Waals surface area contributed by atoms with Gasteiger partial charge in [0.15, 0.2) is 16.3 Å². The van der Waals surface area contributed by atoms with E-state index in [-0.39, 0.29) is 11.5 Å². The van der Waals surface area contributed by atoms with Crippen LogP contribution in [-0.2, 0) is 0 Å². The molecule has 7 heteroatoms. The van der Waals surface area contributed by atoms with E-state index in [9.17, 15) is 0 Å². The summed E-state index contributed by atoms with van der Waals surface area (Å²) in [5, 5.41) is 9.51. The second kappa shape index (κ2) is 3.40. The van der Waals surface area contributed by atoms with E-state index in [1.165, 1.54) is 23.3 Å². The lowest BCUT2D eigenvalue weighted by Gasteiger charge is -1.95. The van der Waals surface area contributed by atoms with Crippen molar-refractivity contribution in [1.29, 1.82) is 5.26 Å². The number of aromatic nitrogens is 3. The van der Waals surface area contributed by atoms with E-state index in [4.69, 9.17) is 11.0 Å². The van der Waals surface area contributed by atoms with E-state index in [0.29, 0.717) is 10.3 Å². The van der Waals surface area contributed by atoms with Gasteiger partial charge in [-0.3, -0.25) is 0 Å². The van der Waals surface area contributed by atoms with Crippen LogP contribution in [0.4, 0.5) is 5.82 Å². The first-order valence-electron chi connectivity index (χ1n) is 3.63. The molecule has 0 aliphatic carbocycles. The van der Waals surface area contributed by atoms with Crippen molar-refractivity contribution in [2.45, 2.75) is 5.03 Å². The van der Waals surface area contributed by atoms with Crippen molar-refractivity contribution in [3.63, 3.8) is 0 Å². The standard InChI is InChI=1S/C7H5N5S2/c1-13-7-4-6(14-12-7)11-5(9)3(2-8)10-4/h1H3,(H2,9,11). The summed E-state index contributed by atoms with van der Waals surface area (Å²) in [4.78, 5) is 8.83. The van der Waals surface area contributed by atoms with Crippen LogP contribution in [0.15, 0.2) is 5.03 Å². The summed E-state index contributed by atoms with van der Waals surface area (Å²) in [6.07, 6.45) is 1.90. The van der Waals surface area contributed by atoms with Crippen LogP contribution in [0.5, 0.6) is 0 Å². The number of hydrogen-bond donors (Lipinski definition) is 1. The number of nitrogen functional groups attached to an aromatic ring is 1. The molecule has 0 aliphatic heterocycles. The van der Waals surface area contributed by atoms with E-state index >= 15 is 0 Å². The van der Waals surface area contributed by atoms with Crippen LogP contribution in [-0.4, -0.2) is 20.6 Å². The Morgan fingerprint density at radius 1 is 1.50 bits per heavy atom. The van der Waals surface area contributed by atoms with Crippen molar-refractivity contribution in [3.05, 3.63) is 5.69 Å². The van der Waals surface area contributed by atoms with Gasteiger partial charge in [0.2, 0.25) is 0 Å². The van der Waals surface area contributed by atoms with Gasteiger partial charge < -0.3 is 5.73 Å². The molecule has 0 spiro atoms. The fourth-order valence-electron chi connectivity index (χ4n) is 0.979. The van der Waals surface area contributed by atoms with E-state index < -0.39 is 0 Å². The SMILES string of the molecule is CSc1nsc2nc(N)c(C#N)nc12. The van der Waals surface area contributed by atoms with Crippen molar-refractivity contribution < 1.29 is 0 Å². The Hall–Kier alpha value is -1.39. The van der Waals surface area contributed by atoms with Crippen molar-refractivity contribution in [2.75, 3.05) is 12.0 Å². The number of nitrogens with two attached hydrogens (primary N) is 1. The second-order valence-corrected chi connectivity index (χ2v) is 3.96. The number of anilines is 1. The normalized spacial score (nSPS) is 10.3. The Morgan fingerprint density at radius 3 is 2.93 bits per heavy atom. The van der Waals surface area contributed by atoms with Crippen LogP contribution in [0.1, 0.15) is 5.69 Å². The summed E-state index contributed by atoms with van der Waals surface area (Å²) in [7, 11) is 0. The lowest BCUT2D eigenvalue weighted by molar-refractivity contribution is 1.21. The van der Waals surface area contributed by atoms with E-state index in [2.05, 4.69) is 14.3 Å². The van der Waals surface area contributed by atoms with Gasteiger partial charge in [-0.05, 0) is 17.8 Å². The first-order valence-corrected chi connectivity index (χ1v) is 5.63. The van der Waals surface area contributed by atoms with E-state index in [1.54, 1.807) is 0 Å². The molecule has 2 aromatic heterocycles. The highest BCUT2D eigenvalue weighted by atomic mass is 32.2. The Morgan fingerprint density at radius 2 is 2.29 bits per heavy atom. The quantitative estimate of drug-likeness (QED) is 0.732. The van der Waals surface area contributed by atoms with Crippen LogP contribution >= 0.6 is 23.3 Å². The largest absolute Gasteiger partial charge is 0.381 e. The predicted molar refractivity (Wildman–Crippen MR) is 56.1 cm³/mol. The molecule has 5 nitrogen and oxygen atoms in total. The van der Waals surface area contributed by atoms with E-state index in [0.717, 1.165) is 5.03 Å². The first-order chi connectivity index (χ1) is 6.76. The third-order valence-corrected chi connectivity index (χ3v) is 3.13. The highest BCUT2D eigenvalue weighted by Crippen LogP contribution is 2.27. The Balaban J connectivity index is 2.78. The second-order valence-electron chi connectivity index (χ2n) is 2.41. The maximum Gasteiger partial charge on any atom is 0.183 e. The molecule has 0 amide bonds. The number of rotatable bonds is 1. The average Bonchev–Trinajstić information content (AvgIpc) is 2.58. The molecule has 2 N–H and O–H groups in total. The summed E-state index contributed by atoms with van der Waals surface area (Å²) in [5.74, 6) is 0.163. The number of nitriles is 1. The minimum absolute atomic E-state index is 0.160. The molecule has 2 rings (SSSR count). The Kier molecular flexibility index (Phi) is 2.23. The average molecular weight is 223 g/mol. The van der Waals surface area contributed by atoms with Gasteiger partial charge >= 0.3 is 0 Å². The molecule has 14 heavy (non-hydrogen) atoms. The van der Waals surface area contributed by atoms with E-state index in [1.807, 2.05) is 12.3 Å². The smallest absolute Gasteiger partial charge is 0.183 e. The molecule has 0 fully saturated rings. The van der Waals surface area contributed by atoms with Gasteiger partial charge in [-0.2, -0.15) is 9.64 Å². The van der Waals surface area contributed by atoms with Crippen LogP contribution in [0.2, 0.25) is 0 Å². The third-order valence-electron chi connectivity index (χ3n) is 1.61. The molecule has 0 saturated heterocycles. The molecule has 0 aromatic carbocycles. The summed E-state index contributed by atoms with van der Waals surface area (Å²) in [6, 6.07) is 1.90. The van der Waals surface area contributed by atoms with Gasteiger partial charge in [0, 0.05) is 0 Å². The van der Waals surface area contributed by atoms with Crippen molar-refractivity contribution in [2.24, 2.45) is 0 Å². The van der Waals surface area contributed by atoms with Gasteiger partial charge in [0.1, 0.15) is 16.6 Å². The summed E-state index contributed by atoms with van der Waals surface area (Å²) in [5.41, 5.74) is 6.34. The van der Waals surface area contributed by atoms with Gasteiger partial charge in [-0.15, -0.1) is 11.8 Å². The molecule has 70 valence electrons. The van der Waals surface area contributed by atoms with Crippen molar-refractivity contribution in [1.82, 2.24) is 14.3 Å². The fraction of sp³-hybridized carbons (Fsp3) is 0.143. The van der Waals surface area contributed by atoms with Crippen LogP contribution in [0.25, 0.3) is 10.3 Å². The molecule has 0 saturated carbocycles. The van der Waals surface area contributed by atoms with Gasteiger partial charge in [0.05, 0.1) is 0 Å². The summed E-state index contributed by atoms with van der Waals surface area (Å²) < 4.78 is 4.14. The number of nitrogens with zero attached hydrogens (tertiary/aromatic N) is 4. The zero-order valence-corrected chi connectivity index (χ0v) is 8.82. The maximum absolute atomic E-state index is 8.72. The predicted octanol–water partition coefficient (Wildman–Crippen LogP) is 1.26. The molecule has 0 radical (unpaired) electrons. The highest BCUT2D eigenvalue weighted by molar-refractivity contribution is 7.98. The summed E-state index contributed by atoms with van der Waals surface area (Å²) in [6.45, 7) is 0. The zero-order chi connectivity index (χ0) is 10.1. The zero-order valence-electron chi connectivity index (χ0n) is 7.18. The number of thioether (sulfide) groups is 1. The van der Waals surface area contributed by atoms with Gasteiger partial charge in [-0.1, -0.05) is 0 Å². The topological polar surface area (TPSA) is 88.5 Å². The Bertz CT molecular complexity index is 527. The molecule has 0 aliphatic rings. The number of hydrogen-bond acceptors (Lipinski definition) is 7. The molecule has 2 aromatic rings. The monoisotopic (exact) mass is 223 g/mol. The molecule has 0 atom stereocenters. The van der Waals surface area contributed by atoms with Gasteiger partial charge in [0.25, 0.3) is 0 Å². The van der Waals surface area contributed by atoms with Crippen molar-refractivity contribution in [3.8, 4) is 6.07 Å². The lowest BCUT2D eigenvalue weighted by atomic mass is 10.4. The molecular formula is C7H5N5S2.